The third-order valence-corrected chi connectivity index (χ3v) is 5.38. The quantitative estimate of drug-likeness (QED) is 0.444. The molecule has 0 aliphatic rings. The minimum atomic E-state index is -0.219. The Balaban J connectivity index is 1.53. The Hall–Kier alpha value is -3.90. The van der Waals surface area contributed by atoms with Crippen LogP contribution in [-0.2, 0) is 6.54 Å². The summed E-state index contributed by atoms with van der Waals surface area (Å²) in [5, 5.41) is 7.87. The average molecular weight is 429 g/mol. The first-order chi connectivity index (χ1) is 15.1. The molecule has 0 bridgehead atoms. The molecule has 2 heterocycles. The van der Waals surface area contributed by atoms with Crippen molar-refractivity contribution in [1.82, 2.24) is 20.1 Å². The molecule has 5 aromatic rings. The highest BCUT2D eigenvalue weighted by molar-refractivity contribution is 6.30. The van der Waals surface area contributed by atoms with E-state index in [1.54, 1.807) is 30.5 Å². The number of carbonyl (C=O) groups excluding carboxylic acids is 1. The van der Waals surface area contributed by atoms with Gasteiger partial charge in [0.1, 0.15) is 0 Å². The molecule has 6 nitrogen and oxygen atoms in total. The molecule has 2 N–H and O–H groups in total. The van der Waals surface area contributed by atoms with E-state index < -0.39 is 0 Å². The van der Waals surface area contributed by atoms with Crippen molar-refractivity contribution in [2.45, 2.75) is 6.54 Å². The summed E-state index contributed by atoms with van der Waals surface area (Å²) in [7, 11) is 0. The molecule has 3 aromatic carbocycles. The number of para-hydroxylation sites is 1. The first-order valence-corrected chi connectivity index (χ1v) is 10.1. The van der Waals surface area contributed by atoms with Crippen LogP contribution >= 0.6 is 11.6 Å². The lowest BCUT2D eigenvalue weighted by molar-refractivity contribution is 0.0951. The van der Waals surface area contributed by atoms with Gasteiger partial charge in [0.2, 0.25) is 0 Å². The fourth-order valence-corrected chi connectivity index (χ4v) is 3.80. The second-order valence-corrected chi connectivity index (χ2v) is 7.62. The molecule has 7 heteroatoms. The van der Waals surface area contributed by atoms with E-state index in [0.717, 1.165) is 11.3 Å². The number of nitrogens with zero attached hydrogens (tertiary/aromatic N) is 2. The molecule has 0 unspecified atom stereocenters. The maximum absolute atomic E-state index is 12.9. The number of pyridine rings is 1. The molecule has 1 amide bonds. The number of hydrogen-bond acceptors (Lipinski definition) is 3. The van der Waals surface area contributed by atoms with E-state index in [1.165, 1.54) is 4.68 Å². The van der Waals surface area contributed by atoms with Gasteiger partial charge in [-0.05, 0) is 48.0 Å². The molecule has 0 radical (unpaired) electrons. The third kappa shape index (κ3) is 3.58. The Kier molecular flexibility index (Phi) is 4.76. The fraction of sp³-hybridized carbons (Fsp3) is 0.0417. The number of nitrogens with one attached hydrogen (secondary N) is 2. The van der Waals surface area contributed by atoms with Crippen molar-refractivity contribution in [3.8, 4) is 5.69 Å². The first kappa shape index (κ1) is 19.1. The van der Waals surface area contributed by atoms with Crippen molar-refractivity contribution in [2.24, 2.45) is 0 Å². The van der Waals surface area contributed by atoms with Crippen LogP contribution in [0.3, 0.4) is 0 Å². The predicted molar refractivity (Wildman–Crippen MR) is 122 cm³/mol. The highest BCUT2D eigenvalue weighted by atomic mass is 35.5. The van der Waals surface area contributed by atoms with Gasteiger partial charge in [0.25, 0.3) is 11.5 Å². The molecule has 5 rings (SSSR count). The number of aromatic amines is 1. The van der Waals surface area contributed by atoms with Gasteiger partial charge in [-0.1, -0.05) is 41.9 Å². The topological polar surface area (TPSA) is 79.8 Å². The zero-order valence-electron chi connectivity index (χ0n) is 16.3. The SMILES string of the molecule is O=C(NCc1cccc(Cl)c1)c1ccc2ncc3c(=O)n(-c4ccccc4)[nH]c3c2c1. The normalized spacial score (nSPS) is 11.1. The average Bonchev–Trinajstić information content (AvgIpc) is 3.14. The number of fused-ring (bicyclic) bond motifs is 3. The molecule has 0 spiro atoms. The number of halogens is 1. The fourth-order valence-electron chi connectivity index (χ4n) is 3.59. The summed E-state index contributed by atoms with van der Waals surface area (Å²) < 4.78 is 1.48. The summed E-state index contributed by atoms with van der Waals surface area (Å²) in [6.07, 6.45) is 1.56. The van der Waals surface area contributed by atoms with Crippen molar-refractivity contribution < 1.29 is 4.79 Å². The Morgan fingerprint density at radius 2 is 1.84 bits per heavy atom. The smallest absolute Gasteiger partial charge is 0.280 e. The maximum Gasteiger partial charge on any atom is 0.280 e. The Morgan fingerprint density at radius 1 is 1.00 bits per heavy atom. The molecule has 0 saturated carbocycles. The number of amides is 1. The highest BCUT2D eigenvalue weighted by Crippen LogP contribution is 2.22. The van der Waals surface area contributed by atoms with Crippen molar-refractivity contribution >= 4 is 39.3 Å². The Morgan fingerprint density at radius 3 is 2.65 bits per heavy atom. The molecular weight excluding hydrogens is 412 g/mol. The summed E-state index contributed by atoms with van der Waals surface area (Å²) in [6.45, 7) is 0.362. The zero-order valence-corrected chi connectivity index (χ0v) is 17.1. The van der Waals surface area contributed by atoms with E-state index in [1.807, 2.05) is 48.5 Å². The maximum atomic E-state index is 12.9. The van der Waals surface area contributed by atoms with E-state index >= 15 is 0 Å². The van der Waals surface area contributed by atoms with Gasteiger partial charge in [0.15, 0.2) is 0 Å². The molecule has 31 heavy (non-hydrogen) atoms. The number of hydrogen-bond donors (Lipinski definition) is 2. The summed E-state index contributed by atoms with van der Waals surface area (Å²) in [6, 6.07) is 21.9. The van der Waals surface area contributed by atoms with Crippen LogP contribution in [0.1, 0.15) is 15.9 Å². The number of aromatic nitrogens is 3. The molecule has 0 fully saturated rings. The second-order valence-electron chi connectivity index (χ2n) is 7.18. The summed E-state index contributed by atoms with van der Waals surface area (Å²) >= 11 is 6.01. The third-order valence-electron chi connectivity index (χ3n) is 5.14. The van der Waals surface area contributed by atoms with Gasteiger partial charge in [0.05, 0.1) is 22.1 Å². The number of H-pyrrole nitrogens is 1. The van der Waals surface area contributed by atoms with Gasteiger partial charge in [-0.3, -0.25) is 19.7 Å². The molecule has 152 valence electrons. The first-order valence-electron chi connectivity index (χ1n) is 9.72. The second kappa shape index (κ2) is 7.74. The van der Waals surface area contributed by atoms with Crippen LogP contribution < -0.4 is 10.9 Å². The Labute approximate surface area is 182 Å². The lowest BCUT2D eigenvalue weighted by Gasteiger charge is -2.07. The van der Waals surface area contributed by atoms with Crippen LogP contribution in [0.4, 0.5) is 0 Å². The lowest BCUT2D eigenvalue weighted by Crippen LogP contribution is -2.22. The Bertz CT molecular complexity index is 1490. The van der Waals surface area contributed by atoms with E-state index in [2.05, 4.69) is 15.4 Å². The molecular formula is C24H17ClN4O2. The zero-order chi connectivity index (χ0) is 21.4. The molecule has 0 saturated heterocycles. The number of carbonyl (C=O) groups is 1. The van der Waals surface area contributed by atoms with E-state index in [9.17, 15) is 9.59 Å². The molecule has 0 aliphatic heterocycles. The van der Waals surface area contributed by atoms with Gasteiger partial charge >= 0.3 is 0 Å². The summed E-state index contributed by atoms with van der Waals surface area (Å²) in [5.74, 6) is -0.219. The van der Waals surface area contributed by atoms with Crippen molar-refractivity contribution in [2.75, 3.05) is 0 Å². The minimum Gasteiger partial charge on any atom is -0.348 e. The van der Waals surface area contributed by atoms with Gasteiger partial charge in [-0.25, -0.2) is 4.68 Å². The number of rotatable bonds is 4. The highest BCUT2D eigenvalue weighted by Gasteiger charge is 2.14. The summed E-state index contributed by atoms with van der Waals surface area (Å²) in [4.78, 5) is 30.0. The predicted octanol–water partition coefficient (Wildman–Crippen LogP) is 4.45. The van der Waals surface area contributed by atoms with Crippen molar-refractivity contribution in [1.29, 1.82) is 0 Å². The standard InChI is InChI=1S/C24H17ClN4O2/c25-17-6-4-5-15(11-17)13-27-23(30)16-9-10-21-19(12-16)22-20(14-26-21)24(31)29(28-22)18-7-2-1-3-8-18/h1-12,14,28H,13H2,(H,27,30). The van der Waals surface area contributed by atoms with E-state index in [4.69, 9.17) is 11.6 Å². The van der Waals surface area contributed by atoms with Crippen LogP contribution in [-0.4, -0.2) is 20.7 Å². The van der Waals surface area contributed by atoms with Gasteiger partial charge in [-0.2, -0.15) is 0 Å². The van der Waals surface area contributed by atoms with Crippen LogP contribution in [0.2, 0.25) is 5.02 Å². The van der Waals surface area contributed by atoms with E-state index in [0.29, 0.717) is 38.9 Å². The van der Waals surface area contributed by atoms with Crippen molar-refractivity contribution in [3.05, 3.63) is 105 Å². The van der Waals surface area contributed by atoms with Crippen molar-refractivity contribution in [3.63, 3.8) is 0 Å². The van der Waals surface area contributed by atoms with Crippen LogP contribution in [0.5, 0.6) is 0 Å². The van der Waals surface area contributed by atoms with Gasteiger partial charge < -0.3 is 5.32 Å². The van der Waals surface area contributed by atoms with Gasteiger partial charge in [0, 0.05) is 28.7 Å². The lowest BCUT2D eigenvalue weighted by atomic mass is 10.1. The molecule has 2 aromatic heterocycles. The van der Waals surface area contributed by atoms with Crippen LogP contribution in [0.15, 0.2) is 83.8 Å². The number of benzene rings is 3. The van der Waals surface area contributed by atoms with Crippen LogP contribution in [0.25, 0.3) is 27.5 Å². The van der Waals surface area contributed by atoms with E-state index in [-0.39, 0.29) is 11.5 Å². The van der Waals surface area contributed by atoms with Gasteiger partial charge in [-0.15, -0.1) is 0 Å². The summed E-state index contributed by atoms with van der Waals surface area (Å²) in [5.41, 5.74) is 3.27. The monoisotopic (exact) mass is 428 g/mol. The van der Waals surface area contributed by atoms with Crippen LogP contribution in [0, 0.1) is 0 Å². The largest absolute Gasteiger partial charge is 0.348 e. The molecule has 0 atom stereocenters. The minimum absolute atomic E-state index is 0.189. The molecule has 0 aliphatic carbocycles.